The van der Waals surface area contributed by atoms with Gasteiger partial charge in [-0.15, -0.1) is 0 Å². The monoisotopic (exact) mass is 334 g/mol. The lowest BCUT2D eigenvalue weighted by Gasteiger charge is -2.23. The maximum absolute atomic E-state index is 10.8. The van der Waals surface area contributed by atoms with Crippen LogP contribution in [0.15, 0.2) is 66.7 Å². The van der Waals surface area contributed by atoms with Crippen LogP contribution in [0.4, 0.5) is 0 Å². The van der Waals surface area contributed by atoms with Gasteiger partial charge in [-0.25, -0.2) is 0 Å². The van der Waals surface area contributed by atoms with E-state index in [1.165, 1.54) is 49.7 Å². The van der Waals surface area contributed by atoms with Gasteiger partial charge in [-0.1, -0.05) is 74.5 Å². The summed E-state index contributed by atoms with van der Waals surface area (Å²) < 4.78 is 0. The number of hydrogen-bond acceptors (Lipinski definition) is 1. The van der Waals surface area contributed by atoms with Crippen LogP contribution >= 0.6 is 0 Å². The minimum absolute atomic E-state index is 0.210. The molecule has 4 aromatic rings. The van der Waals surface area contributed by atoms with Crippen molar-refractivity contribution in [3.63, 3.8) is 0 Å². The molecule has 0 unspecified atom stereocenters. The molecule has 6 rings (SSSR count). The fraction of sp³-hybridized carbons (Fsp3) is 0.120. The molecule has 26 heavy (non-hydrogen) atoms. The summed E-state index contributed by atoms with van der Waals surface area (Å²) in [6.07, 6.45) is 0. The molecular formula is C25H18O. The molecule has 0 heterocycles. The van der Waals surface area contributed by atoms with Crippen molar-refractivity contribution in [2.24, 2.45) is 0 Å². The number of phenolic OH excluding ortho intramolecular Hbond substituents is 1. The van der Waals surface area contributed by atoms with Gasteiger partial charge in [0, 0.05) is 11.0 Å². The molecule has 1 heteroatoms. The van der Waals surface area contributed by atoms with E-state index in [2.05, 4.69) is 74.5 Å². The van der Waals surface area contributed by atoms with Gasteiger partial charge in [0.25, 0.3) is 0 Å². The molecule has 0 spiro atoms. The average molecular weight is 334 g/mol. The van der Waals surface area contributed by atoms with E-state index in [1.807, 2.05) is 6.07 Å². The van der Waals surface area contributed by atoms with Crippen molar-refractivity contribution in [2.75, 3.05) is 0 Å². The molecule has 0 aliphatic heterocycles. The zero-order valence-corrected chi connectivity index (χ0v) is 14.8. The van der Waals surface area contributed by atoms with Crippen molar-refractivity contribution in [1.82, 2.24) is 0 Å². The van der Waals surface area contributed by atoms with E-state index in [0.717, 1.165) is 5.56 Å². The van der Waals surface area contributed by atoms with Crippen molar-refractivity contribution in [2.45, 2.75) is 19.3 Å². The molecule has 0 amide bonds. The van der Waals surface area contributed by atoms with Crippen molar-refractivity contribution in [3.8, 4) is 39.1 Å². The van der Waals surface area contributed by atoms with Gasteiger partial charge in [0.1, 0.15) is 5.75 Å². The molecule has 0 fully saturated rings. The van der Waals surface area contributed by atoms with E-state index >= 15 is 0 Å². The molecule has 4 aromatic carbocycles. The van der Waals surface area contributed by atoms with Crippen molar-refractivity contribution < 1.29 is 5.11 Å². The van der Waals surface area contributed by atoms with Gasteiger partial charge in [0.05, 0.1) is 0 Å². The summed E-state index contributed by atoms with van der Waals surface area (Å²) in [5.41, 5.74) is 9.71. The van der Waals surface area contributed by atoms with E-state index in [0.29, 0.717) is 5.75 Å². The molecule has 2 aliphatic rings. The Morgan fingerprint density at radius 2 is 1.38 bits per heavy atom. The third-order valence-corrected chi connectivity index (χ3v) is 6.28. The molecule has 0 aromatic heterocycles. The summed E-state index contributed by atoms with van der Waals surface area (Å²) in [6, 6.07) is 23.7. The first kappa shape index (κ1) is 14.1. The summed E-state index contributed by atoms with van der Waals surface area (Å²) in [4.78, 5) is 0. The largest absolute Gasteiger partial charge is 0.508 e. The highest BCUT2D eigenvalue weighted by molar-refractivity contribution is 6.16. The Bertz CT molecular complexity index is 1260. The van der Waals surface area contributed by atoms with E-state index in [1.54, 1.807) is 0 Å². The highest BCUT2D eigenvalue weighted by Crippen LogP contribution is 2.60. The van der Waals surface area contributed by atoms with Gasteiger partial charge < -0.3 is 5.11 Å². The Morgan fingerprint density at radius 3 is 2.19 bits per heavy atom. The molecule has 2 aliphatic carbocycles. The third kappa shape index (κ3) is 1.44. The molecule has 0 atom stereocenters. The molecule has 0 radical (unpaired) electrons. The number of phenols is 1. The summed E-state index contributed by atoms with van der Waals surface area (Å²) in [7, 11) is 0. The Kier molecular flexibility index (Phi) is 2.38. The molecule has 1 nitrogen and oxygen atoms in total. The zero-order chi connectivity index (χ0) is 17.6. The maximum Gasteiger partial charge on any atom is 0.120 e. The Balaban J connectivity index is 1.99. The van der Waals surface area contributed by atoms with Crippen LogP contribution in [0.1, 0.15) is 25.0 Å². The predicted molar refractivity (Wildman–Crippen MR) is 108 cm³/mol. The predicted octanol–water partition coefficient (Wildman–Crippen LogP) is 6.50. The number of benzene rings is 4. The van der Waals surface area contributed by atoms with Gasteiger partial charge >= 0.3 is 0 Å². The van der Waals surface area contributed by atoms with Crippen LogP contribution in [-0.2, 0) is 5.41 Å². The van der Waals surface area contributed by atoms with Gasteiger partial charge in [-0.3, -0.25) is 0 Å². The Morgan fingerprint density at radius 1 is 0.654 bits per heavy atom. The molecule has 0 saturated carbocycles. The minimum Gasteiger partial charge on any atom is -0.508 e. The number of aromatic hydroxyl groups is 1. The fourth-order valence-corrected chi connectivity index (χ4v) is 5.18. The first-order valence-corrected chi connectivity index (χ1v) is 9.12. The molecule has 0 saturated heterocycles. The van der Waals surface area contributed by atoms with E-state index in [-0.39, 0.29) is 5.41 Å². The first-order chi connectivity index (χ1) is 12.6. The highest BCUT2D eigenvalue weighted by Gasteiger charge is 2.41. The van der Waals surface area contributed by atoms with Crippen molar-refractivity contribution in [3.05, 3.63) is 77.9 Å². The van der Waals surface area contributed by atoms with Crippen LogP contribution in [0.25, 0.3) is 44.2 Å². The lowest BCUT2D eigenvalue weighted by Crippen LogP contribution is -2.15. The zero-order valence-electron chi connectivity index (χ0n) is 14.8. The van der Waals surface area contributed by atoms with Crippen LogP contribution < -0.4 is 0 Å². The van der Waals surface area contributed by atoms with E-state index < -0.39 is 0 Å². The topological polar surface area (TPSA) is 20.2 Å². The van der Waals surface area contributed by atoms with E-state index in [4.69, 9.17) is 0 Å². The summed E-state index contributed by atoms with van der Waals surface area (Å²) in [5.74, 6) is 0.398. The van der Waals surface area contributed by atoms with Gasteiger partial charge in [-0.2, -0.15) is 0 Å². The molecule has 124 valence electrons. The van der Waals surface area contributed by atoms with Crippen LogP contribution in [0.5, 0.6) is 5.75 Å². The number of hydrogen-bond donors (Lipinski definition) is 1. The van der Waals surface area contributed by atoms with Gasteiger partial charge in [-0.05, 0) is 55.8 Å². The van der Waals surface area contributed by atoms with Gasteiger partial charge in [0.2, 0.25) is 0 Å². The molecule has 0 bridgehead atoms. The standard InChI is InChI=1S/C25H18O/c1-25(2)19-12-10-14-6-5-9-17-15-7-3-4-8-16(15)18-11-13-20(26)24(25)22(18)23(19)21(14)17/h3-13,26H,1-2H3. The Labute approximate surface area is 152 Å². The normalized spacial score (nSPS) is 15.0. The summed E-state index contributed by atoms with van der Waals surface area (Å²) in [6.45, 7) is 4.45. The highest BCUT2D eigenvalue weighted by atomic mass is 16.3. The second-order valence-corrected chi connectivity index (χ2v) is 7.94. The average Bonchev–Trinajstić information content (AvgIpc) is 2.82. The molecular weight excluding hydrogens is 316 g/mol. The smallest absolute Gasteiger partial charge is 0.120 e. The SMILES string of the molecule is CC1(C)c2ccc3cccc4c3c2-c2c(ccc(O)c21)-c1ccccc1-4. The lowest BCUT2D eigenvalue weighted by molar-refractivity contribution is 0.456. The summed E-state index contributed by atoms with van der Waals surface area (Å²) in [5, 5.41) is 13.4. The van der Waals surface area contributed by atoms with E-state index in [9.17, 15) is 5.11 Å². The first-order valence-electron chi connectivity index (χ1n) is 9.12. The maximum atomic E-state index is 10.8. The quantitative estimate of drug-likeness (QED) is 0.343. The van der Waals surface area contributed by atoms with Crippen LogP contribution in [-0.4, -0.2) is 5.11 Å². The van der Waals surface area contributed by atoms with Crippen LogP contribution in [0.2, 0.25) is 0 Å². The van der Waals surface area contributed by atoms with Crippen molar-refractivity contribution in [1.29, 1.82) is 0 Å². The molecule has 1 N–H and O–H groups in total. The summed E-state index contributed by atoms with van der Waals surface area (Å²) >= 11 is 0. The minimum atomic E-state index is -0.210. The lowest BCUT2D eigenvalue weighted by atomic mass is 9.80. The Hall–Kier alpha value is -3.06. The second-order valence-electron chi connectivity index (χ2n) is 7.94. The number of fused-ring (bicyclic) bond motifs is 3. The van der Waals surface area contributed by atoms with Crippen LogP contribution in [0.3, 0.4) is 0 Å². The van der Waals surface area contributed by atoms with Gasteiger partial charge in [0.15, 0.2) is 0 Å². The third-order valence-electron chi connectivity index (χ3n) is 6.28. The van der Waals surface area contributed by atoms with Crippen LogP contribution in [0, 0.1) is 0 Å². The number of rotatable bonds is 0. The second kappa shape index (κ2) is 4.37. The van der Waals surface area contributed by atoms with Crippen molar-refractivity contribution >= 4 is 10.8 Å². The fourth-order valence-electron chi connectivity index (χ4n) is 5.18.